The highest BCUT2D eigenvalue weighted by molar-refractivity contribution is 7.93. The standard InChI is InChI=1S/C21H23FN4O5S/c1-5-13(2)32(28,29)25-18-11-16(14-9-10-19(27)26(3)12-14)23-21(24-18)31-20-15(22)7-6-8-17(20)30-4/h6-13H,5H2,1-4H3,(H,23,24,25)/t13-/m1/s1. The molecule has 0 spiro atoms. The van der Waals surface area contributed by atoms with Crippen LogP contribution < -0.4 is 19.8 Å². The number of halogens is 1. The van der Waals surface area contributed by atoms with E-state index in [1.165, 1.54) is 54.3 Å². The Hall–Kier alpha value is -3.47. The first-order valence-electron chi connectivity index (χ1n) is 9.72. The molecule has 0 amide bonds. The molecule has 0 bridgehead atoms. The van der Waals surface area contributed by atoms with Crippen molar-refractivity contribution in [3.63, 3.8) is 0 Å². The van der Waals surface area contributed by atoms with Gasteiger partial charge in [-0.3, -0.25) is 9.52 Å². The lowest BCUT2D eigenvalue weighted by Crippen LogP contribution is -2.25. The molecule has 9 nitrogen and oxygen atoms in total. The van der Waals surface area contributed by atoms with Crippen molar-refractivity contribution in [2.24, 2.45) is 7.05 Å². The summed E-state index contributed by atoms with van der Waals surface area (Å²) in [5, 5.41) is -0.672. The van der Waals surface area contributed by atoms with Crippen molar-refractivity contribution >= 4 is 15.8 Å². The van der Waals surface area contributed by atoms with E-state index in [0.717, 1.165) is 0 Å². The van der Waals surface area contributed by atoms with E-state index < -0.39 is 21.1 Å². The lowest BCUT2D eigenvalue weighted by atomic mass is 10.2. The number of hydrogen-bond acceptors (Lipinski definition) is 7. The van der Waals surface area contributed by atoms with E-state index in [2.05, 4.69) is 14.7 Å². The Morgan fingerprint density at radius 3 is 2.62 bits per heavy atom. The number of para-hydroxylation sites is 1. The van der Waals surface area contributed by atoms with Crippen LogP contribution in [0.15, 0.2) is 47.4 Å². The molecule has 32 heavy (non-hydrogen) atoms. The Bertz CT molecular complexity index is 1290. The smallest absolute Gasteiger partial charge is 0.324 e. The van der Waals surface area contributed by atoms with E-state index in [-0.39, 0.29) is 34.6 Å². The van der Waals surface area contributed by atoms with E-state index in [0.29, 0.717) is 12.0 Å². The van der Waals surface area contributed by atoms with E-state index >= 15 is 0 Å². The molecule has 0 fully saturated rings. The van der Waals surface area contributed by atoms with Gasteiger partial charge in [0.05, 0.1) is 18.1 Å². The van der Waals surface area contributed by atoms with Gasteiger partial charge in [0.2, 0.25) is 21.3 Å². The van der Waals surface area contributed by atoms with Gasteiger partial charge in [-0.05, 0) is 31.5 Å². The third kappa shape index (κ3) is 5.05. The zero-order valence-electron chi connectivity index (χ0n) is 18.0. The van der Waals surface area contributed by atoms with Crippen LogP contribution in [0.1, 0.15) is 20.3 Å². The quantitative estimate of drug-likeness (QED) is 0.546. The summed E-state index contributed by atoms with van der Waals surface area (Å²) in [5.41, 5.74) is 0.541. The van der Waals surface area contributed by atoms with Gasteiger partial charge < -0.3 is 14.0 Å². The second kappa shape index (κ2) is 9.35. The lowest BCUT2D eigenvalue weighted by Gasteiger charge is -2.15. The van der Waals surface area contributed by atoms with Gasteiger partial charge in [0, 0.05) is 30.9 Å². The number of nitrogens with zero attached hydrogens (tertiary/aromatic N) is 3. The number of sulfonamides is 1. The number of anilines is 1. The van der Waals surface area contributed by atoms with Crippen LogP contribution >= 0.6 is 0 Å². The molecule has 2 heterocycles. The van der Waals surface area contributed by atoms with Crippen LogP contribution in [-0.2, 0) is 17.1 Å². The number of rotatable bonds is 8. The van der Waals surface area contributed by atoms with Gasteiger partial charge in [-0.1, -0.05) is 13.0 Å². The van der Waals surface area contributed by atoms with Crippen LogP contribution in [0, 0.1) is 5.82 Å². The van der Waals surface area contributed by atoms with Crippen LogP contribution in [0.2, 0.25) is 0 Å². The highest BCUT2D eigenvalue weighted by atomic mass is 32.2. The number of aryl methyl sites for hydroxylation is 1. The normalized spacial score (nSPS) is 12.3. The second-order valence-corrected chi connectivity index (χ2v) is 9.13. The van der Waals surface area contributed by atoms with Gasteiger partial charge in [0.25, 0.3) is 0 Å². The maximum absolute atomic E-state index is 14.4. The van der Waals surface area contributed by atoms with Crippen molar-refractivity contribution < 1.29 is 22.3 Å². The van der Waals surface area contributed by atoms with Crippen molar-refractivity contribution in [3.8, 4) is 28.8 Å². The summed E-state index contributed by atoms with van der Waals surface area (Å²) < 4.78 is 53.9. The highest BCUT2D eigenvalue weighted by Gasteiger charge is 2.21. The van der Waals surface area contributed by atoms with Crippen LogP contribution in [0.25, 0.3) is 11.3 Å². The van der Waals surface area contributed by atoms with Crippen molar-refractivity contribution in [2.75, 3.05) is 11.8 Å². The van der Waals surface area contributed by atoms with Gasteiger partial charge >= 0.3 is 6.01 Å². The molecule has 0 saturated heterocycles. The maximum Gasteiger partial charge on any atom is 0.324 e. The largest absolute Gasteiger partial charge is 0.493 e. The minimum absolute atomic E-state index is 0.0607. The summed E-state index contributed by atoms with van der Waals surface area (Å²) in [6.07, 6.45) is 1.93. The molecule has 0 aliphatic heterocycles. The minimum atomic E-state index is -3.74. The van der Waals surface area contributed by atoms with Crippen LogP contribution in [-0.4, -0.2) is 35.3 Å². The van der Waals surface area contributed by atoms with E-state index in [1.54, 1.807) is 20.9 Å². The maximum atomic E-state index is 14.4. The molecular formula is C21H23FN4O5S. The topological polar surface area (TPSA) is 112 Å². The Balaban J connectivity index is 2.12. The minimum Gasteiger partial charge on any atom is -0.493 e. The number of benzene rings is 1. The monoisotopic (exact) mass is 462 g/mol. The Kier molecular flexibility index (Phi) is 6.78. The molecule has 1 atom stereocenters. The fourth-order valence-electron chi connectivity index (χ4n) is 2.72. The molecular weight excluding hydrogens is 439 g/mol. The number of ether oxygens (including phenoxy) is 2. The average molecular weight is 463 g/mol. The number of pyridine rings is 1. The van der Waals surface area contributed by atoms with Gasteiger partial charge in [-0.25, -0.2) is 12.8 Å². The van der Waals surface area contributed by atoms with E-state index in [9.17, 15) is 17.6 Å². The SMILES string of the molecule is CC[C@@H](C)S(=O)(=O)Nc1cc(-c2ccc(=O)n(C)c2)nc(Oc2c(F)cccc2OC)n1. The van der Waals surface area contributed by atoms with Gasteiger partial charge in [-0.15, -0.1) is 0 Å². The molecule has 0 radical (unpaired) electrons. The fraction of sp³-hybridized carbons (Fsp3) is 0.286. The summed E-state index contributed by atoms with van der Waals surface area (Å²) in [7, 11) is -0.811. The van der Waals surface area contributed by atoms with Gasteiger partial charge in [0.1, 0.15) is 5.82 Å². The lowest BCUT2D eigenvalue weighted by molar-refractivity contribution is 0.352. The molecule has 170 valence electrons. The number of aromatic nitrogens is 3. The van der Waals surface area contributed by atoms with E-state index in [1.807, 2.05) is 0 Å². The summed E-state index contributed by atoms with van der Waals surface area (Å²) >= 11 is 0. The predicted octanol–water partition coefficient (Wildman–Crippen LogP) is 3.32. The van der Waals surface area contributed by atoms with Gasteiger partial charge in [-0.2, -0.15) is 9.97 Å². The van der Waals surface area contributed by atoms with Crippen molar-refractivity contribution in [1.29, 1.82) is 0 Å². The summed E-state index contributed by atoms with van der Waals surface area (Å²) in [5.74, 6) is -0.900. The fourth-order valence-corrected chi connectivity index (χ4v) is 3.76. The summed E-state index contributed by atoms with van der Waals surface area (Å²) in [6, 6.07) is 8.12. The molecule has 2 aromatic heterocycles. The molecule has 3 aromatic rings. The second-order valence-electron chi connectivity index (χ2n) is 7.03. The average Bonchev–Trinajstić information content (AvgIpc) is 2.75. The van der Waals surface area contributed by atoms with Crippen LogP contribution in [0.4, 0.5) is 10.2 Å². The summed E-state index contributed by atoms with van der Waals surface area (Å²) in [4.78, 5) is 20.1. The number of hydrogen-bond donors (Lipinski definition) is 1. The zero-order valence-corrected chi connectivity index (χ0v) is 18.8. The van der Waals surface area contributed by atoms with Crippen molar-refractivity contribution in [1.82, 2.24) is 14.5 Å². The molecule has 0 aliphatic carbocycles. The highest BCUT2D eigenvalue weighted by Crippen LogP contribution is 2.34. The Morgan fingerprint density at radius 2 is 1.97 bits per heavy atom. The van der Waals surface area contributed by atoms with Crippen LogP contribution in [0.5, 0.6) is 17.5 Å². The first kappa shape index (κ1) is 23.2. The van der Waals surface area contributed by atoms with Crippen molar-refractivity contribution in [2.45, 2.75) is 25.5 Å². The Labute approximate surface area is 184 Å². The van der Waals surface area contributed by atoms with E-state index in [4.69, 9.17) is 9.47 Å². The third-order valence-corrected chi connectivity index (χ3v) is 6.67. The van der Waals surface area contributed by atoms with Gasteiger partial charge in [0.15, 0.2) is 11.6 Å². The molecule has 1 aromatic carbocycles. The molecule has 1 N–H and O–H groups in total. The zero-order chi connectivity index (χ0) is 23.5. The molecule has 0 saturated carbocycles. The molecule has 3 rings (SSSR count). The predicted molar refractivity (Wildman–Crippen MR) is 118 cm³/mol. The number of nitrogens with one attached hydrogen (secondary N) is 1. The first-order valence-corrected chi connectivity index (χ1v) is 11.3. The molecule has 0 aliphatic rings. The summed E-state index contributed by atoms with van der Waals surface area (Å²) in [6.45, 7) is 3.32. The first-order chi connectivity index (χ1) is 15.1. The Morgan fingerprint density at radius 1 is 1.22 bits per heavy atom. The molecule has 11 heteroatoms. The van der Waals surface area contributed by atoms with Crippen molar-refractivity contribution in [3.05, 3.63) is 58.8 Å². The van der Waals surface area contributed by atoms with Crippen LogP contribution in [0.3, 0.4) is 0 Å². The third-order valence-electron chi connectivity index (χ3n) is 4.78. The number of methoxy groups -OCH3 is 1. The molecule has 0 unspecified atom stereocenters.